The van der Waals surface area contributed by atoms with Crippen LogP contribution in [-0.2, 0) is 10.0 Å². The lowest BCUT2D eigenvalue weighted by atomic mass is 9.75. The fourth-order valence-corrected chi connectivity index (χ4v) is 2.86. The first-order valence-electron chi connectivity index (χ1n) is 5.11. The van der Waals surface area contributed by atoms with Gasteiger partial charge in [0.15, 0.2) is 5.03 Å². The summed E-state index contributed by atoms with van der Waals surface area (Å²) in [5, 5.41) is 13.9. The highest BCUT2D eigenvalue weighted by Gasteiger charge is 2.34. The monoisotopic (exact) mass is 252 g/mol. The number of primary sulfonamides is 1. The van der Waals surface area contributed by atoms with Crippen molar-refractivity contribution in [3.05, 3.63) is 23.4 Å². The van der Waals surface area contributed by atoms with Crippen LogP contribution in [0.4, 0.5) is 0 Å². The van der Waals surface area contributed by atoms with Gasteiger partial charge >= 0.3 is 0 Å². The first-order chi connectivity index (χ1) is 7.93. The van der Waals surface area contributed by atoms with Gasteiger partial charge in [-0.1, -0.05) is 0 Å². The summed E-state index contributed by atoms with van der Waals surface area (Å²) >= 11 is 0. The summed E-state index contributed by atoms with van der Waals surface area (Å²) < 4.78 is 22.8. The van der Waals surface area contributed by atoms with E-state index in [1.165, 1.54) is 12.3 Å². The van der Waals surface area contributed by atoms with Crippen molar-refractivity contribution in [1.29, 1.82) is 5.26 Å². The van der Waals surface area contributed by atoms with Crippen LogP contribution in [0, 0.1) is 11.3 Å². The molecule has 6 nitrogen and oxygen atoms in total. The van der Waals surface area contributed by atoms with Crippen LogP contribution in [0.1, 0.15) is 29.9 Å². The molecule has 1 aliphatic carbocycles. The number of hydrogen-bond donors (Lipinski definition) is 2. The Hall–Kier alpha value is -1.49. The third kappa shape index (κ3) is 2.15. The molecule has 4 N–H and O–H groups in total. The summed E-state index contributed by atoms with van der Waals surface area (Å²) in [6.45, 7) is 0. The first-order valence-corrected chi connectivity index (χ1v) is 6.65. The molecule has 0 unspecified atom stereocenters. The van der Waals surface area contributed by atoms with E-state index in [0.717, 1.165) is 0 Å². The van der Waals surface area contributed by atoms with Gasteiger partial charge in [-0.05, 0) is 24.8 Å². The van der Waals surface area contributed by atoms with E-state index in [1.54, 1.807) is 0 Å². The van der Waals surface area contributed by atoms with Gasteiger partial charge in [-0.2, -0.15) is 5.26 Å². The smallest absolute Gasteiger partial charge is 0.255 e. The Labute approximate surface area is 99.3 Å². The number of sulfonamides is 1. The van der Waals surface area contributed by atoms with Crippen molar-refractivity contribution >= 4 is 10.0 Å². The molecule has 1 aromatic heterocycles. The minimum atomic E-state index is -3.91. The second kappa shape index (κ2) is 4.07. The Bertz CT molecular complexity index is 585. The Balaban J connectivity index is 2.58. The van der Waals surface area contributed by atoms with Gasteiger partial charge in [0.25, 0.3) is 10.0 Å². The lowest BCUT2D eigenvalue weighted by Crippen LogP contribution is -2.36. The van der Waals surface area contributed by atoms with Gasteiger partial charge in [0.1, 0.15) is 0 Å². The second-order valence-electron chi connectivity index (χ2n) is 4.16. The summed E-state index contributed by atoms with van der Waals surface area (Å²) in [6, 6.07) is 3.52. The zero-order valence-electron chi connectivity index (χ0n) is 9.00. The minimum Gasteiger partial charge on any atom is -0.328 e. The highest BCUT2D eigenvalue weighted by Crippen LogP contribution is 2.39. The first kappa shape index (κ1) is 12.0. The molecule has 2 rings (SSSR count). The van der Waals surface area contributed by atoms with E-state index < -0.39 is 10.0 Å². The van der Waals surface area contributed by atoms with Gasteiger partial charge in [-0.15, -0.1) is 0 Å². The number of rotatable bonds is 2. The van der Waals surface area contributed by atoms with Gasteiger partial charge in [0.2, 0.25) is 0 Å². The molecule has 0 saturated heterocycles. The van der Waals surface area contributed by atoms with Gasteiger partial charge in [-0.3, -0.25) is 0 Å². The Kier molecular flexibility index (Phi) is 2.87. The average molecular weight is 252 g/mol. The third-order valence-corrected chi connectivity index (χ3v) is 3.79. The molecule has 1 heterocycles. The predicted molar refractivity (Wildman–Crippen MR) is 60.3 cm³/mol. The van der Waals surface area contributed by atoms with E-state index in [4.69, 9.17) is 16.1 Å². The van der Waals surface area contributed by atoms with E-state index >= 15 is 0 Å². The predicted octanol–water partition coefficient (Wildman–Crippen LogP) is -0.195. The fourth-order valence-electron chi connectivity index (χ4n) is 2.07. The molecule has 17 heavy (non-hydrogen) atoms. The molecule has 1 aromatic rings. The van der Waals surface area contributed by atoms with Crippen molar-refractivity contribution in [3.63, 3.8) is 0 Å². The van der Waals surface area contributed by atoms with Crippen LogP contribution in [0.25, 0.3) is 0 Å². The zero-order valence-corrected chi connectivity index (χ0v) is 9.81. The maximum atomic E-state index is 11.4. The van der Waals surface area contributed by atoms with Crippen LogP contribution < -0.4 is 10.9 Å². The number of nitriles is 1. The van der Waals surface area contributed by atoms with E-state index in [-0.39, 0.29) is 17.0 Å². The summed E-state index contributed by atoms with van der Waals surface area (Å²) in [4.78, 5) is 3.78. The Morgan fingerprint density at radius 1 is 1.47 bits per heavy atom. The fraction of sp³-hybridized carbons (Fsp3) is 0.400. The molecule has 7 heteroatoms. The lowest BCUT2D eigenvalue weighted by Gasteiger charge is -2.33. The SMILES string of the molecule is N#Cc1ccnc(S(N)(=O)=O)c1C1CC(N)C1. The molecule has 0 spiro atoms. The van der Waals surface area contributed by atoms with Crippen molar-refractivity contribution in [2.45, 2.75) is 29.8 Å². The van der Waals surface area contributed by atoms with E-state index in [9.17, 15) is 8.42 Å². The van der Waals surface area contributed by atoms with Crippen LogP contribution >= 0.6 is 0 Å². The van der Waals surface area contributed by atoms with Crippen molar-refractivity contribution in [3.8, 4) is 6.07 Å². The molecular weight excluding hydrogens is 240 g/mol. The van der Waals surface area contributed by atoms with E-state index in [1.807, 2.05) is 6.07 Å². The highest BCUT2D eigenvalue weighted by atomic mass is 32.2. The van der Waals surface area contributed by atoms with Crippen LogP contribution in [0.3, 0.4) is 0 Å². The molecule has 0 aliphatic heterocycles. The summed E-state index contributed by atoms with van der Waals surface area (Å²) in [7, 11) is -3.91. The van der Waals surface area contributed by atoms with Gasteiger partial charge in [-0.25, -0.2) is 18.5 Å². The summed E-state index contributed by atoms with van der Waals surface area (Å²) in [5.74, 6) is -0.0401. The maximum Gasteiger partial charge on any atom is 0.255 e. The minimum absolute atomic E-state index is 0.0401. The van der Waals surface area contributed by atoms with Crippen molar-refractivity contribution in [2.75, 3.05) is 0 Å². The van der Waals surface area contributed by atoms with Crippen LogP contribution in [0.2, 0.25) is 0 Å². The van der Waals surface area contributed by atoms with Gasteiger partial charge in [0.05, 0.1) is 11.6 Å². The Morgan fingerprint density at radius 3 is 2.59 bits per heavy atom. The lowest BCUT2D eigenvalue weighted by molar-refractivity contribution is 0.345. The summed E-state index contributed by atoms with van der Waals surface area (Å²) in [6.07, 6.45) is 2.59. The third-order valence-electron chi connectivity index (χ3n) is 2.93. The average Bonchev–Trinajstić information content (AvgIpc) is 2.22. The van der Waals surface area contributed by atoms with Crippen molar-refractivity contribution in [1.82, 2.24) is 4.98 Å². The molecule has 0 aromatic carbocycles. The molecule has 1 saturated carbocycles. The van der Waals surface area contributed by atoms with Gasteiger partial charge in [0, 0.05) is 17.8 Å². The number of hydrogen-bond acceptors (Lipinski definition) is 5. The molecule has 0 atom stereocenters. The zero-order chi connectivity index (χ0) is 12.6. The molecule has 1 fully saturated rings. The molecule has 1 aliphatic rings. The summed E-state index contributed by atoms with van der Waals surface area (Å²) in [5.41, 5.74) is 6.40. The van der Waals surface area contributed by atoms with E-state index in [0.29, 0.717) is 24.0 Å². The highest BCUT2D eigenvalue weighted by molar-refractivity contribution is 7.89. The van der Waals surface area contributed by atoms with Crippen LogP contribution in [0.5, 0.6) is 0 Å². The quantitative estimate of drug-likeness (QED) is 0.754. The largest absolute Gasteiger partial charge is 0.328 e. The second-order valence-corrected chi connectivity index (χ2v) is 5.64. The Morgan fingerprint density at radius 2 is 2.12 bits per heavy atom. The van der Waals surface area contributed by atoms with Gasteiger partial charge < -0.3 is 5.73 Å². The van der Waals surface area contributed by atoms with Crippen LogP contribution in [0.15, 0.2) is 17.3 Å². The molecular formula is C10H12N4O2S. The van der Waals surface area contributed by atoms with E-state index in [2.05, 4.69) is 4.98 Å². The van der Waals surface area contributed by atoms with Crippen molar-refractivity contribution < 1.29 is 8.42 Å². The number of nitrogens with zero attached hydrogens (tertiary/aromatic N) is 2. The maximum absolute atomic E-state index is 11.4. The topological polar surface area (TPSA) is 123 Å². The number of aromatic nitrogens is 1. The molecule has 0 bridgehead atoms. The van der Waals surface area contributed by atoms with Crippen LogP contribution in [-0.4, -0.2) is 19.4 Å². The normalized spacial score (nSPS) is 23.8. The standard InChI is InChI=1S/C10H12N4O2S/c11-5-6-1-2-14-10(17(13,15)16)9(6)7-3-8(12)4-7/h1-2,7-8H,3-4,12H2,(H2,13,15,16). The molecule has 0 radical (unpaired) electrons. The number of pyridine rings is 1. The molecule has 90 valence electrons. The number of nitrogens with two attached hydrogens (primary N) is 2. The van der Waals surface area contributed by atoms with Crippen molar-refractivity contribution in [2.24, 2.45) is 10.9 Å². The molecule has 0 amide bonds.